The van der Waals surface area contributed by atoms with Gasteiger partial charge in [-0.1, -0.05) is 60.8 Å². The second-order valence-corrected chi connectivity index (χ2v) is 6.61. The van der Waals surface area contributed by atoms with E-state index in [1.807, 2.05) is 36.4 Å². The molecule has 2 aromatic rings. The van der Waals surface area contributed by atoms with Gasteiger partial charge in [0, 0.05) is 13.8 Å². The highest BCUT2D eigenvalue weighted by Crippen LogP contribution is 2.13. The van der Waals surface area contributed by atoms with Crippen LogP contribution in [0.25, 0.3) is 0 Å². The second-order valence-electron chi connectivity index (χ2n) is 5.63. The number of hydrazine groups is 2. The summed E-state index contributed by atoms with van der Waals surface area (Å²) in [6.07, 6.45) is 0.178. The lowest BCUT2D eigenvalue weighted by Crippen LogP contribution is -2.49. The minimum Gasteiger partial charge on any atom is -0.284 e. The molecule has 0 spiro atoms. The van der Waals surface area contributed by atoms with E-state index in [1.54, 1.807) is 24.3 Å². The molecule has 0 aliphatic carbocycles. The number of anilines is 2. The van der Waals surface area contributed by atoms with Gasteiger partial charge in [-0.05, 0) is 24.3 Å². The molecule has 2 aromatic carbocycles. The van der Waals surface area contributed by atoms with Crippen molar-refractivity contribution in [2.45, 2.75) is 20.3 Å². The maximum atomic E-state index is 11.9. The first kappa shape index (κ1) is 20.5. The van der Waals surface area contributed by atoms with Crippen molar-refractivity contribution in [3.63, 3.8) is 0 Å². The Balaban J connectivity index is 2.00. The van der Waals surface area contributed by atoms with E-state index in [2.05, 4.69) is 10.9 Å². The van der Waals surface area contributed by atoms with Crippen LogP contribution in [-0.4, -0.2) is 21.8 Å². The summed E-state index contributed by atoms with van der Waals surface area (Å²) in [6.45, 7) is 2.87. The summed E-state index contributed by atoms with van der Waals surface area (Å²) in [4.78, 5) is 24.5. The highest BCUT2D eigenvalue weighted by molar-refractivity contribution is 7.82. The van der Waals surface area contributed by atoms with Gasteiger partial charge in [0.15, 0.2) is 0 Å². The third-order valence-corrected chi connectivity index (χ3v) is 3.92. The Morgan fingerprint density at radius 3 is 1.37 bits per heavy atom. The average molecular weight is 401 g/mol. The quantitative estimate of drug-likeness (QED) is 0.607. The summed E-state index contributed by atoms with van der Waals surface area (Å²) in [5, 5.41) is 2.70. The van der Waals surface area contributed by atoms with Crippen LogP contribution in [0.2, 0.25) is 0 Å². The van der Waals surface area contributed by atoms with Gasteiger partial charge in [0.1, 0.15) is 9.98 Å². The number of hydrogen-bond donors (Lipinski definition) is 2. The van der Waals surface area contributed by atoms with Crippen molar-refractivity contribution in [3.8, 4) is 0 Å². The molecule has 0 aromatic heterocycles. The van der Waals surface area contributed by atoms with Crippen LogP contribution in [0.5, 0.6) is 0 Å². The molecular weight excluding hydrogens is 380 g/mol. The Morgan fingerprint density at radius 2 is 1.07 bits per heavy atom. The van der Waals surface area contributed by atoms with Crippen LogP contribution >= 0.6 is 24.4 Å². The number of benzene rings is 2. The SMILES string of the molecule is CC(=O)N(NC(=S)CC(=S)NN(C(C)=O)c1ccccc1)c1ccccc1. The summed E-state index contributed by atoms with van der Waals surface area (Å²) in [5.74, 6) is -0.422. The number of nitrogens with one attached hydrogen (secondary N) is 2. The van der Waals surface area contributed by atoms with Gasteiger partial charge in [0.25, 0.3) is 0 Å². The number of hydrogen-bond acceptors (Lipinski definition) is 4. The third kappa shape index (κ3) is 6.12. The smallest absolute Gasteiger partial charge is 0.242 e. The van der Waals surface area contributed by atoms with Crippen molar-refractivity contribution in [1.82, 2.24) is 10.9 Å². The molecule has 27 heavy (non-hydrogen) atoms. The predicted molar refractivity (Wildman–Crippen MR) is 115 cm³/mol. The molecule has 140 valence electrons. The van der Waals surface area contributed by atoms with Gasteiger partial charge in [-0.3, -0.25) is 20.4 Å². The largest absolute Gasteiger partial charge is 0.284 e. The Hall–Kier alpha value is -2.84. The molecule has 0 aliphatic heterocycles. The van der Waals surface area contributed by atoms with Crippen molar-refractivity contribution in [2.24, 2.45) is 0 Å². The van der Waals surface area contributed by atoms with Gasteiger partial charge < -0.3 is 0 Å². The minimum atomic E-state index is -0.211. The van der Waals surface area contributed by atoms with Crippen LogP contribution in [0.3, 0.4) is 0 Å². The fourth-order valence-corrected chi connectivity index (χ4v) is 2.84. The molecule has 8 heteroatoms. The van der Waals surface area contributed by atoms with Crippen LogP contribution < -0.4 is 20.9 Å². The van der Waals surface area contributed by atoms with Gasteiger partial charge in [-0.2, -0.15) is 0 Å². The summed E-state index contributed by atoms with van der Waals surface area (Å²) >= 11 is 10.7. The van der Waals surface area contributed by atoms with Gasteiger partial charge >= 0.3 is 0 Å². The summed E-state index contributed by atoms with van der Waals surface area (Å²) in [7, 11) is 0. The maximum Gasteiger partial charge on any atom is 0.242 e. The molecule has 2 rings (SSSR count). The number of thiocarbonyl (C=S) groups is 2. The van der Waals surface area contributed by atoms with Crippen molar-refractivity contribution in [1.29, 1.82) is 0 Å². The van der Waals surface area contributed by atoms with Gasteiger partial charge in [0.05, 0.1) is 17.8 Å². The molecule has 6 nitrogen and oxygen atoms in total. The van der Waals surface area contributed by atoms with E-state index in [0.29, 0.717) is 21.4 Å². The zero-order valence-corrected chi connectivity index (χ0v) is 16.6. The molecule has 0 saturated heterocycles. The zero-order chi connectivity index (χ0) is 19.8. The molecule has 2 amide bonds. The Kier molecular flexibility index (Phi) is 7.39. The Bertz CT molecular complexity index is 759. The fourth-order valence-electron chi connectivity index (χ4n) is 2.28. The normalized spacial score (nSPS) is 9.85. The van der Waals surface area contributed by atoms with Crippen molar-refractivity contribution in [2.75, 3.05) is 10.0 Å². The highest BCUT2D eigenvalue weighted by atomic mass is 32.1. The van der Waals surface area contributed by atoms with E-state index in [1.165, 1.54) is 23.9 Å². The molecule has 0 heterocycles. The summed E-state index contributed by atoms with van der Waals surface area (Å²) < 4.78 is 0. The lowest BCUT2D eigenvalue weighted by molar-refractivity contribution is -0.117. The fraction of sp³-hybridized carbons (Fsp3) is 0.158. The number of para-hydroxylation sites is 2. The molecule has 0 fully saturated rings. The average Bonchev–Trinajstić information content (AvgIpc) is 2.65. The Labute approximate surface area is 169 Å². The molecule has 0 radical (unpaired) electrons. The van der Waals surface area contributed by atoms with Crippen LogP contribution in [-0.2, 0) is 9.59 Å². The van der Waals surface area contributed by atoms with Gasteiger partial charge in [-0.25, -0.2) is 10.0 Å². The van der Waals surface area contributed by atoms with E-state index in [9.17, 15) is 9.59 Å². The molecule has 0 aliphatic rings. The first-order valence-corrected chi connectivity index (χ1v) is 9.00. The number of nitrogens with zero attached hydrogens (tertiary/aromatic N) is 2. The molecule has 0 saturated carbocycles. The maximum absolute atomic E-state index is 11.9. The monoisotopic (exact) mass is 400 g/mol. The van der Waals surface area contributed by atoms with Crippen LogP contribution in [0.1, 0.15) is 20.3 Å². The minimum absolute atomic E-state index is 0.178. The number of carbonyl (C=O) groups is 2. The van der Waals surface area contributed by atoms with Crippen molar-refractivity contribution in [3.05, 3.63) is 60.7 Å². The van der Waals surface area contributed by atoms with Crippen LogP contribution in [0, 0.1) is 0 Å². The first-order valence-electron chi connectivity index (χ1n) is 8.19. The topological polar surface area (TPSA) is 64.7 Å². The van der Waals surface area contributed by atoms with Crippen LogP contribution in [0.15, 0.2) is 60.7 Å². The van der Waals surface area contributed by atoms with E-state index in [-0.39, 0.29) is 18.2 Å². The number of rotatable bonds is 4. The summed E-state index contributed by atoms with van der Waals surface area (Å²) in [6, 6.07) is 18.2. The molecule has 0 atom stereocenters. The van der Waals surface area contributed by atoms with E-state index >= 15 is 0 Å². The zero-order valence-electron chi connectivity index (χ0n) is 15.0. The number of carbonyl (C=O) groups excluding carboxylic acids is 2. The molecule has 2 N–H and O–H groups in total. The third-order valence-electron chi connectivity index (χ3n) is 3.45. The van der Waals surface area contributed by atoms with Gasteiger partial charge in [0.2, 0.25) is 11.8 Å². The van der Waals surface area contributed by atoms with Crippen LogP contribution in [0.4, 0.5) is 11.4 Å². The molecular formula is C19H20N4O2S2. The molecule has 0 unspecified atom stereocenters. The number of amides is 2. The summed E-state index contributed by atoms with van der Waals surface area (Å²) in [5.41, 5.74) is 7.12. The Morgan fingerprint density at radius 1 is 0.741 bits per heavy atom. The van der Waals surface area contributed by atoms with E-state index in [4.69, 9.17) is 24.4 Å². The standard InChI is InChI=1S/C19H20N4O2S2/c1-14(24)22(16-9-5-3-6-10-16)20-18(26)13-19(27)21-23(15(2)25)17-11-7-4-8-12-17/h3-12H,13H2,1-2H3,(H,20,26)(H,21,27). The lowest BCUT2D eigenvalue weighted by atomic mass is 10.3. The van der Waals surface area contributed by atoms with E-state index in [0.717, 1.165) is 0 Å². The van der Waals surface area contributed by atoms with Crippen molar-refractivity contribution < 1.29 is 9.59 Å². The highest BCUT2D eigenvalue weighted by Gasteiger charge is 2.16. The second kappa shape index (κ2) is 9.75. The van der Waals surface area contributed by atoms with E-state index < -0.39 is 0 Å². The molecule has 0 bridgehead atoms. The lowest BCUT2D eigenvalue weighted by Gasteiger charge is -2.26. The first-order chi connectivity index (χ1) is 12.9. The predicted octanol–water partition coefficient (Wildman–Crippen LogP) is 3.15. The van der Waals surface area contributed by atoms with Gasteiger partial charge in [-0.15, -0.1) is 0 Å². The van der Waals surface area contributed by atoms with Crippen molar-refractivity contribution >= 4 is 57.6 Å².